The van der Waals surface area contributed by atoms with Gasteiger partial charge in [0.05, 0.1) is 27.1 Å². The molecule has 11 heteroatoms. The fourth-order valence-electron chi connectivity index (χ4n) is 2.23. The zero-order valence-corrected chi connectivity index (χ0v) is 19.6. The number of halogens is 4. The molecule has 2 aromatic rings. The summed E-state index contributed by atoms with van der Waals surface area (Å²) in [5.74, 6) is -1.96. The van der Waals surface area contributed by atoms with Crippen LogP contribution >= 0.6 is 50.7 Å². The minimum absolute atomic E-state index is 0.00525. The average molecular weight is 544 g/mol. The second-order valence-corrected chi connectivity index (χ2v) is 10.1. The number of esters is 1. The lowest BCUT2D eigenvalue weighted by atomic mass is 10.2. The predicted octanol–water partition coefficient (Wildman–Crippen LogP) is 5.06. The molecule has 0 spiro atoms. The fraction of sp³-hybridized carbons (Fsp3) is 0.222. The molecule has 0 saturated heterocycles. The summed E-state index contributed by atoms with van der Waals surface area (Å²) in [6.07, 6.45) is -0.443. The molecule has 0 radical (unpaired) electrons. The first kappa shape index (κ1) is 24.0. The van der Waals surface area contributed by atoms with Crippen LogP contribution in [0.4, 0.5) is 5.69 Å². The van der Waals surface area contributed by atoms with E-state index < -0.39 is 40.5 Å². The molecule has 156 valence electrons. The zero-order chi connectivity index (χ0) is 21.8. The Morgan fingerprint density at radius 1 is 1.10 bits per heavy atom. The van der Waals surface area contributed by atoms with E-state index in [2.05, 4.69) is 21.2 Å². The summed E-state index contributed by atoms with van der Waals surface area (Å²) in [4.78, 5) is 23.7. The first-order chi connectivity index (χ1) is 13.5. The molecule has 0 bridgehead atoms. The fourth-order valence-corrected chi connectivity index (χ4v) is 4.88. The first-order valence-electron chi connectivity index (χ1n) is 8.08. The highest BCUT2D eigenvalue weighted by atomic mass is 79.9. The van der Waals surface area contributed by atoms with Crippen LogP contribution < -0.4 is 5.32 Å². The van der Waals surface area contributed by atoms with Crippen molar-refractivity contribution in [3.05, 3.63) is 55.4 Å². The number of carbonyl (C=O) groups excluding carboxylic acids is 2. The number of aryl methyl sites for hydroxylation is 1. The van der Waals surface area contributed by atoms with Crippen LogP contribution in [0, 0.1) is 6.92 Å². The van der Waals surface area contributed by atoms with E-state index >= 15 is 0 Å². The van der Waals surface area contributed by atoms with Crippen molar-refractivity contribution in [3.8, 4) is 0 Å². The van der Waals surface area contributed by atoms with Crippen LogP contribution in [0.25, 0.3) is 0 Å². The molecule has 0 atom stereocenters. The number of hydrogen-bond acceptors (Lipinski definition) is 5. The molecule has 1 N–H and O–H groups in total. The SMILES string of the molecule is Cc1cc(Br)c(Cl)cc1NC(=O)COC(=O)CCS(=O)(=O)c1cc(Cl)ccc1Cl. The number of ether oxygens (including phenoxy) is 1. The highest BCUT2D eigenvalue weighted by molar-refractivity contribution is 9.10. The number of benzene rings is 2. The summed E-state index contributed by atoms with van der Waals surface area (Å²) < 4.78 is 30.2. The van der Waals surface area contributed by atoms with Crippen LogP contribution in [0.1, 0.15) is 12.0 Å². The van der Waals surface area contributed by atoms with Gasteiger partial charge in [0.1, 0.15) is 0 Å². The van der Waals surface area contributed by atoms with Crippen LogP contribution in [0.3, 0.4) is 0 Å². The normalized spacial score (nSPS) is 11.2. The van der Waals surface area contributed by atoms with E-state index in [1.54, 1.807) is 19.1 Å². The van der Waals surface area contributed by atoms with E-state index in [9.17, 15) is 18.0 Å². The van der Waals surface area contributed by atoms with Gasteiger partial charge in [-0.2, -0.15) is 0 Å². The molecule has 0 aliphatic rings. The third kappa shape index (κ3) is 6.86. The lowest BCUT2D eigenvalue weighted by Crippen LogP contribution is -2.22. The van der Waals surface area contributed by atoms with E-state index in [4.69, 9.17) is 39.5 Å². The van der Waals surface area contributed by atoms with E-state index in [1.165, 1.54) is 18.2 Å². The number of amides is 1. The zero-order valence-electron chi connectivity index (χ0n) is 15.0. The van der Waals surface area contributed by atoms with E-state index in [-0.39, 0.29) is 14.9 Å². The summed E-state index contributed by atoms with van der Waals surface area (Å²) >= 11 is 21.0. The molecule has 0 aromatic heterocycles. The summed E-state index contributed by atoms with van der Waals surface area (Å²) in [7, 11) is -3.85. The number of sulfone groups is 1. The van der Waals surface area contributed by atoms with Crippen LogP contribution in [-0.4, -0.2) is 32.7 Å². The predicted molar refractivity (Wildman–Crippen MR) is 117 cm³/mol. The summed E-state index contributed by atoms with van der Waals surface area (Å²) in [6.45, 7) is 1.21. The molecule has 0 unspecified atom stereocenters. The molecule has 0 aliphatic heterocycles. The molecule has 6 nitrogen and oxygen atoms in total. The second-order valence-electron chi connectivity index (χ2n) is 5.93. The van der Waals surface area contributed by atoms with Gasteiger partial charge in [0.2, 0.25) is 0 Å². The topological polar surface area (TPSA) is 89.5 Å². The van der Waals surface area contributed by atoms with Crippen molar-refractivity contribution in [2.75, 3.05) is 17.7 Å². The Labute approximate surface area is 191 Å². The van der Waals surface area contributed by atoms with Gasteiger partial charge in [-0.15, -0.1) is 0 Å². The van der Waals surface area contributed by atoms with Gasteiger partial charge in [-0.3, -0.25) is 9.59 Å². The molecule has 0 aliphatic carbocycles. The lowest BCUT2D eigenvalue weighted by Gasteiger charge is -2.11. The van der Waals surface area contributed by atoms with Crippen molar-refractivity contribution < 1.29 is 22.7 Å². The average Bonchev–Trinajstić information content (AvgIpc) is 2.64. The van der Waals surface area contributed by atoms with Crippen LogP contribution in [0.15, 0.2) is 39.7 Å². The van der Waals surface area contributed by atoms with Crippen LogP contribution in [-0.2, 0) is 24.2 Å². The number of hydrogen-bond donors (Lipinski definition) is 1. The molecule has 0 heterocycles. The van der Waals surface area contributed by atoms with Gasteiger partial charge >= 0.3 is 5.97 Å². The number of rotatable bonds is 7. The maximum absolute atomic E-state index is 12.3. The molecule has 29 heavy (non-hydrogen) atoms. The van der Waals surface area contributed by atoms with E-state index in [0.717, 1.165) is 5.56 Å². The number of nitrogens with one attached hydrogen (secondary N) is 1. The van der Waals surface area contributed by atoms with Gasteiger partial charge in [0.15, 0.2) is 16.4 Å². The Balaban J connectivity index is 1.89. The summed E-state index contributed by atoms with van der Waals surface area (Å²) in [5, 5.41) is 3.19. The summed E-state index contributed by atoms with van der Waals surface area (Å²) in [5.41, 5.74) is 1.22. The summed E-state index contributed by atoms with van der Waals surface area (Å²) in [6, 6.07) is 7.31. The molecule has 2 rings (SSSR count). The standard InChI is InChI=1S/C18H15BrCl3NO5S/c1-10-6-12(19)14(22)8-15(10)23-17(24)9-28-18(25)4-5-29(26,27)16-7-11(20)2-3-13(16)21/h2-3,6-8H,4-5,9H2,1H3,(H,23,24). The quantitative estimate of drug-likeness (QED) is 0.493. The number of carbonyl (C=O) groups is 2. The largest absolute Gasteiger partial charge is 0.456 e. The van der Waals surface area contributed by atoms with Crippen LogP contribution in [0.2, 0.25) is 15.1 Å². The first-order valence-corrected chi connectivity index (χ1v) is 11.7. The van der Waals surface area contributed by atoms with Gasteiger partial charge in [0, 0.05) is 15.2 Å². The molecular formula is C18H15BrCl3NO5S. The van der Waals surface area contributed by atoms with Gasteiger partial charge in [0.25, 0.3) is 5.91 Å². The molecule has 0 fully saturated rings. The molecule has 0 saturated carbocycles. The Bertz CT molecular complexity index is 1060. The second kappa shape index (κ2) is 10.1. The van der Waals surface area contributed by atoms with E-state index in [1.807, 2.05) is 0 Å². The molecule has 1 amide bonds. The molecule has 2 aromatic carbocycles. The van der Waals surface area contributed by atoms with Gasteiger partial charge in [-0.05, 0) is 58.7 Å². The Hall–Kier alpha value is -1.32. The highest BCUT2D eigenvalue weighted by Gasteiger charge is 2.21. The third-order valence-corrected chi connectivity index (χ3v) is 7.33. The van der Waals surface area contributed by atoms with Gasteiger partial charge in [-0.1, -0.05) is 34.8 Å². The number of anilines is 1. The van der Waals surface area contributed by atoms with Crippen molar-refractivity contribution in [2.24, 2.45) is 0 Å². The van der Waals surface area contributed by atoms with Gasteiger partial charge in [-0.25, -0.2) is 8.42 Å². The lowest BCUT2D eigenvalue weighted by molar-refractivity contribution is -0.146. The Kier molecular flexibility index (Phi) is 8.37. The van der Waals surface area contributed by atoms with Crippen LogP contribution in [0.5, 0.6) is 0 Å². The Morgan fingerprint density at radius 2 is 1.79 bits per heavy atom. The monoisotopic (exact) mass is 541 g/mol. The molecular weight excluding hydrogens is 529 g/mol. The minimum atomic E-state index is -3.85. The van der Waals surface area contributed by atoms with Gasteiger partial charge < -0.3 is 10.1 Å². The highest BCUT2D eigenvalue weighted by Crippen LogP contribution is 2.29. The van der Waals surface area contributed by atoms with E-state index in [0.29, 0.717) is 15.2 Å². The minimum Gasteiger partial charge on any atom is -0.456 e. The van der Waals surface area contributed by atoms with Crippen molar-refractivity contribution in [3.63, 3.8) is 0 Å². The Morgan fingerprint density at radius 3 is 2.48 bits per heavy atom. The smallest absolute Gasteiger partial charge is 0.307 e. The maximum atomic E-state index is 12.3. The van der Waals surface area contributed by atoms with Crippen molar-refractivity contribution in [1.29, 1.82) is 0 Å². The van der Waals surface area contributed by atoms with Crippen molar-refractivity contribution >= 4 is 78.1 Å². The van der Waals surface area contributed by atoms with Crippen molar-refractivity contribution in [1.82, 2.24) is 0 Å². The third-order valence-electron chi connectivity index (χ3n) is 3.71. The maximum Gasteiger partial charge on any atom is 0.307 e. The van der Waals surface area contributed by atoms with Crippen molar-refractivity contribution in [2.45, 2.75) is 18.2 Å².